The summed E-state index contributed by atoms with van der Waals surface area (Å²) in [7, 11) is 0.356. The van der Waals surface area contributed by atoms with Crippen molar-refractivity contribution in [2.24, 2.45) is 0 Å². The predicted octanol–water partition coefficient (Wildman–Crippen LogP) is 0.253. The summed E-state index contributed by atoms with van der Waals surface area (Å²) in [5, 5.41) is 9.65. The Bertz CT molecular complexity index is 971. The molecule has 3 rings (SSSR count). The Balaban J connectivity index is 1.86. The second-order valence-electron chi connectivity index (χ2n) is 7.17. The monoisotopic (exact) mass is 407 g/mol. The number of nitrogens with one attached hydrogen (secondary N) is 2. The lowest BCUT2D eigenvalue weighted by Crippen LogP contribution is -2.29. The number of nitrogens with zero attached hydrogens (tertiary/aromatic N) is 5. The Labute approximate surface area is 164 Å². The first kappa shape index (κ1) is 20.2. The van der Waals surface area contributed by atoms with E-state index in [0.29, 0.717) is 43.3 Å². The highest BCUT2D eigenvalue weighted by molar-refractivity contribution is 7.88. The molecule has 0 spiro atoms. The van der Waals surface area contributed by atoms with Gasteiger partial charge < -0.3 is 10.2 Å². The lowest BCUT2D eigenvalue weighted by atomic mass is 10.00. The smallest absolute Gasteiger partial charge is 0.254 e. The van der Waals surface area contributed by atoms with Crippen LogP contribution in [-0.4, -0.2) is 72.2 Å². The third-order valence-electron chi connectivity index (χ3n) is 4.83. The topological polar surface area (TPSA) is 124 Å². The highest BCUT2D eigenvalue weighted by Gasteiger charge is 2.33. The van der Waals surface area contributed by atoms with Gasteiger partial charge in [0.1, 0.15) is 0 Å². The molecule has 2 N–H and O–H groups in total. The molecule has 10 nitrogen and oxygen atoms in total. The molecule has 1 saturated heterocycles. The van der Waals surface area contributed by atoms with Crippen molar-refractivity contribution < 1.29 is 13.2 Å². The van der Waals surface area contributed by atoms with E-state index in [2.05, 4.69) is 25.5 Å². The molecule has 1 fully saturated rings. The number of anilines is 1. The molecule has 0 saturated carbocycles. The number of aromatic amines is 1. The molecule has 0 radical (unpaired) electrons. The number of sulfonamides is 1. The summed E-state index contributed by atoms with van der Waals surface area (Å²) >= 11 is 0. The van der Waals surface area contributed by atoms with E-state index in [1.165, 1.54) is 16.8 Å². The van der Waals surface area contributed by atoms with E-state index in [-0.39, 0.29) is 11.8 Å². The summed E-state index contributed by atoms with van der Waals surface area (Å²) in [6.45, 7) is 2.94. The standard InChI is InChI=1S/C17H25N7O3S/c1-11-13(8-20-22-11)7-18-16(25)14-9-19-17(23(2)3)21-15(14)12-5-6-24(10-12)28(4,26)27/h8-9,12H,5-7,10H2,1-4H3,(H,18,25)(H,20,22). The fourth-order valence-electron chi connectivity index (χ4n) is 3.16. The van der Waals surface area contributed by atoms with Gasteiger partial charge in [0, 0.05) is 57.1 Å². The summed E-state index contributed by atoms with van der Waals surface area (Å²) in [4.78, 5) is 23.4. The molecule has 1 amide bonds. The van der Waals surface area contributed by atoms with E-state index in [1.807, 2.05) is 21.0 Å². The van der Waals surface area contributed by atoms with Crippen molar-refractivity contribution in [3.8, 4) is 0 Å². The van der Waals surface area contributed by atoms with E-state index in [9.17, 15) is 13.2 Å². The van der Waals surface area contributed by atoms with Gasteiger partial charge in [-0.15, -0.1) is 0 Å². The van der Waals surface area contributed by atoms with Gasteiger partial charge >= 0.3 is 0 Å². The molecule has 1 atom stereocenters. The first-order valence-electron chi connectivity index (χ1n) is 8.93. The molecular formula is C17H25N7O3S. The van der Waals surface area contributed by atoms with Crippen LogP contribution in [0.15, 0.2) is 12.4 Å². The normalized spacial score (nSPS) is 17.6. The zero-order valence-corrected chi connectivity index (χ0v) is 17.2. The van der Waals surface area contributed by atoms with Gasteiger partial charge in [-0.25, -0.2) is 22.7 Å². The van der Waals surface area contributed by atoms with Crippen LogP contribution in [0.4, 0.5) is 5.95 Å². The number of rotatable bonds is 6. The summed E-state index contributed by atoms with van der Waals surface area (Å²) in [5.41, 5.74) is 2.72. The first-order valence-corrected chi connectivity index (χ1v) is 10.8. The Hall–Kier alpha value is -2.53. The third-order valence-corrected chi connectivity index (χ3v) is 6.10. The Kier molecular flexibility index (Phi) is 5.66. The van der Waals surface area contributed by atoms with Crippen LogP contribution in [0.3, 0.4) is 0 Å². The van der Waals surface area contributed by atoms with Gasteiger partial charge in [-0.3, -0.25) is 9.89 Å². The van der Waals surface area contributed by atoms with Crippen LogP contribution >= 0.6 is 0 Å². The van der Waals surface area contributed by atoms with Gasteiger partial charge in [0.25, 0.3) is 5.91 Å². The molecule has 0 aromatic carbocycles. The van der Waals surface area contributed by atoms with Crippen molar-refractivity contribution in [3.63, 3.8) is 0 Å². The quantitative estimate of drug-likeness (QED) is 0.703. The average molecular weight is 408 g/mol. The molecular weight excluding hydrogens is 382 g/mol. The summed E-state index contributed by atoms with van der Waals surface area (Å²) in [6, 6.07) is 0. The highest BCUT2D eigenvalue weighted by Crippen LogP contribution is 2.30. The van der Waals surface area contributed by atoms with E-state index in [4.69, 9.17) is 0 Å². The Morgan fingerprint density at radius 3 is 2.71 bits per heavy atom. The van der Waals surface area contributed by atoms with Crippen molar-refractivity contribution in [2.45, 2.75) is 25.8 Å². The number of carbonyl (C=O) groups is 1. The Morgan fingerprint density at radius 2 is 2.14 bits per heavy atom. The van der Waals surface area contributed by atoms with Crippen molar-refractivity contribution in [3.05, 3.63) is 34.9 Å². The summed E-state index contributed by atoms with van der Waals surface area (Å²) in [6.07, 6.45) is 4.99. The molecule has 152 valence electrons. The molecule has 2 aromatic heterocycles. The number of aromatic nitrogens is 4. The van der Waals surface area contributed by atoms with Crippen LogP contribution < -0.4 is 10.2 Å². The molecule has 3 heterocycles. The maximum Gasteiger partial charge on any atom is 0.254 e. The summed E-state index contributed by atoms with van der Waals surface area (Å²) in [5.74, 6) is 0.0292. The van der Waals surface area contributed by atoms with E-state index >= 15 is 0 Å². The van der Waals surface area contributed by atoms with Crippen molar-refractivity contribution in [2.75, 3.05) is 38.3 Å². The molecule has 1 unspecified atom stereocenters. The minimum absolute atomic E-state index is 0.159. The molecule has 11 heteroatoms. The molecule has 28 heavy (non-hydrogen) atoms. The van der Waals surface area contributed by atoms with Crippen LogP contribution in [0, 0.1) is 6.92 Å². The van der Waals surface area contributed by atoms with Crippen molar-refractivity contribution in [1.82, 2.24) is 29.8 Å². The fraction of sp³-hybridized carbons (Fsp3) is 0.529. The third kappa shape index (κ3) is 4.30. The summed E-state index contributed by atoms with van der Waals surface area (Å²) < 4.78 is 25.2. The highest BCUT2D eigenvalue weighted by atomic mass is 32.2. The molecule has 0 bridgehead atoms. The Morgan fingerprint density at radius 1 is 1.39 bits per heavy atom. The average Bonchev–Trinajstić information content (AvgIpc) is 3.28. The number of amides is 1. The number of H-pyrrole nitrogens is 1. The van der Waals surface area contributed by atoms with Gasteiger partial charge in [-0.05, 0) is 13.3 Å². The first-order chi connectivity index (χ1) is 13.2. The van der Waals surface area contributed by atoms with Gasteiger partial charge in [-0.1, -0.05) is 0 Å². The van der Waals surface area contributed by atoms with Crippen LogP contribution in [0.1, 0.15) is 39.6 Å². The fourth-order valence-corrected chi connectivity index (χ4v) is 4.05. The lowest BCUT2D eigenvalue weighted by Gasteiger charge is -2.18. The SMILES string of the molecule is Cc1[nH]ncc1CNC(=O)c1cnc(N(C)C)nc1C1CCN(S(C)(=O)=O)C1. The molecule has 1 aliphatic heterocycles. The maximum atomic E-state index is 12.8. The van der Waals surface area contributed by atoms with Crippen LogP contribution in [0.2, 0.25) is 0 Å². The second kappa shape index (κ2) is 7.84. The van der Waals surface area contributed by atoms with E-state index in [1.54, 1.807) is 11.1 Å². The van der Waals surface area contributed by atoms with Crippen LogP contribution in [-0.2, 0) is 16.6 Å². The van der Waals surface area contributed by atoms with E-state index in [0.717, 1.165) is 11.3 Å². The predicted molar refractivity (Wildman–Crippen MR) is 105 cm³/mol. The number of carbonyl (C=O) groups excluding carboxylic acids is 1. The van der Waals surface area contributed by atoms with Crippen molar-refractivity contribution in [1.29, 1.82) is 0 Å². The van der Waals surface area contributed by atoms with Crippen LogP contribution in [0.25, 0.3) is 0 Å². The molecule has 2 aromatic rings. The molecule has 0 aliphatic carbocycles. The minimum atomic E-state index is -3.28. The zero-order valence-electron chi connectivity index (χ0n) is 16.4. The van der Waals surface area contributed by atoms with E-state index < -0.39 is 10.0 Å². The van der Waals surface area contributed by atoms with Crippen molar-refractivity contribution >= 4 is 21.9 Å². The largest absolute Gasteiger partial charge is 0.348 e. The second-order valence-corrected chi connectivity index (χ2v) is 9.16. The minimum Gasteiger partial charge on any atom is -0.348 e. The zero-order chi connectivity index (χ0) is 20.5. The number of aryl methyl sites for hydroxylation is 1. The molecule has 1 aliphatic rings. The lowest BCUT2D eigenvalue weighted by molar-refractivity contribution is 0.0948. The van der Waals surface area contributed by atoms with Crippen LogP contribution in [0.5, 0.6) is 0 Å². The maximum absolute atomic E-state index is 12.8. The van der Waals surface area contributed by atoms with Gasteiger partial charge in [-0.2, -0.15) is 5.10 Å². The number of hydrogen-bond donors (Lipinski definition) is 2. The number of hydrogen-bond acceptors (Lipinski definition) is 7. The van der Waals surface area contributed by atoms with Gasteiger partial charge in [0.2, 0.25) is 16.0 Å². The van der Waals surface area contributed by atoms with Gasteiger partial charge in [0.15, 0.2) is 0 Å². The van der Waals surface area contributed by atoms with Gasteiger partial charge in [0.05, 0.1) is 23.7 Å².